The Morgan fingerprint density at radius 1 is 1.43 bits per heavy atom. The van der Waals surface area contributed by atoms with Crippen molar-refractivity contribution in [3.05, 3.63) is 0 Å². The van der Waals surface area contributed by atoms with E-state index in [4.69, 9.17) is 0 Å². The zero-order chi connectivity index (χ0) is 9.97. The van der Waals surface area contributed by atoms with E-state index in [-0.39, 0.29) is 0 Å². The predicted octanol–water partition coefficient (Wildman–Crippen LogP) is 1.86. The van der Waals surface area contributed by atoms with Crippen molar-refractivity contribution in [3.63, 3.8) is 0 Å². The van der Waals surface area contributed by atoms with Gasteiger partial charge in [-0.2, -0.15) is 0 Å². The molecule has 2 aliphatic rings. The first kappa shape index (κ1) is 10.4. The molecule has 2 fully saturated rings. The zero-order valence-corrected chi connectivity index (χ0v) is 9.63. The number of likely N-dealkylation sites (tertiary alicyclic amines) is 1. The Kier molecular flexibility index (Phi) is 3.45. The van der Waals surface area contributed by atoms with Crippen LogP contribution in [-0.2, 0) is 0 Å². The zero-order valence-electron chi connectivity index (χ0n) is 9.63. The third-order valence-corrected chi connectivity index (χ3v) is 3.87. The van der Waals surface area contributed by atoms with Crippen molar-refractivity contribution in [1.29, 1.82) is 0 Å². The number of hydrogen-bond donors (Lipinski definition) is 1. The lowest BCUT2D eigenvalue weighted by Gasteiger charge is -2.26. The van der Waals surface area contributed by atoms with Gasteiger partial charge in [0.2, 0.25) is 0 Å². The fourth-order valence-electron chi connectivity index (χ4n) is 2.89. The second-order valence-corrected chi connectivity index (χ2v) is 5.27. The van der Waals surface area contributed by atoms with Crippen LogP contribution in [0, 0.1) is 5.92 Å². The SMILES string of the molecule is CC1CCN(C(C)CC2CCCN2)C1. The molecule has 0 saturated carbocycles. The molecule has 0 radical (unpaired) electrons. The summed E-state index contributed by atoms with van der Waals surface area (Å²) in [4.78, 5) is 2.67. The summed E-state index contributed by atoms with van der Waals surface area (Å²) in [6.07, 6.45) is 5.54. The Hall–Kier alpha value is -0.0800. The fraction of sp³-hybridized carbons (Fsp3) is 1.00. The molecule has 1 N–H and O–H groups in total. The van der Waals surface area contributed by atoms with Gasteiger partial charge in [-0.15, -0.1) is 0 Å². The lowest BCUT2D eigenvalue weighted by molar-refractivity contribution is 0.225. The van der Waals surface area contributed by atoms with E-state index in [0.29, 0.717) is 0 Å². The average Bonchev–Trinajstić information content (AvgIpc) is 2.75. The maximum atomic E-state index is 3.60. The number of rotatable bonds is 3. The molecule has 2 saturated heterocycles. The van der Waals surface area contributed by atoms with E-state index in [1.807, 2.05) is 0 Å². The van der Waals surface area contributed by atoms with Crippen molar-refractivity contribution in [2.75, 3.05) is 19.6 Å². The van der Waals surface area contributed by atoms with E-state index in [9.17, 15) is 0 Å². The summed E-state index contributed by atoms with van der Waals surface area (Å²) in [5, 5.41) is 3.60. The van der Waals surface area contributed by atoms with E-state index in [1.54, 1.807) is 0 Å². The van der Waals surface area contributed by atoms with Gasteiger partial charge >= 0.3 is 0 Å². The van der Waals surface area contributed by atoms with Gasteiger partial charge in [0.05, 0.1) is 0 Å². The fourth-order valence-corrected chi connectivity index (χ4v) is 2.89. The van der Waals surface area contributed by atoms with Gasteiger partial charge in [0.1, 0.15) is 0 Å². The van der Waals surface area contributed by atoms with Gasteiger partial charge < -0.3 is 10.2 Å². The predicted molar refractivity (Wildman–Crippen MR) is 60.5 cm³/mol. The Balaban J connectivity index is 1.74. The van der Waals surface area contributed by atoms with Gasteiger partial charge in [0.15, 0.2) is 0 Å². The molecule has 0 spiro atoms. The van der Waals surface area contributed by atoms with Crippen LogP contribution < -0.4 is 5.32 Å². The maximum Gasteiger partial charge on any atom is 0.00823 e. The average molecular weight is 196 g/mol. The Labute approximate surface area is 88.1 Å². The number of hydrogen-bond acceptors (Lipinski definition) is 2. The molecule has 0 aliphatic carbocycles. The molecule has 2 aliphatic heterocycles. The van der Waals surface area contributed by atoms with E-state index < -0.39 is 0 Å². The molecule has 0 aromatic carbocycles. The number of nitrogens with zero attached hydrogens (tertiary/aromatic N) is 1. The minimum Gasteiger partial charge on any atom is -0.314 e. The Bertz CT molecular complexity index is 175. The van der Waals surface area contributed by atoms with Gasteiger partial charge in [-0.25, -0.2) is 0 Å². The molecular weight excluding hydrogens is 172 g/mol. The molecule has 82 valence electrons. The standard InChI is InChI=1S/C12H24N2/c1-10-5-7-14(9-10)11(2)8-12-4-3-6-13-12/h10-13H,3-9H2,1-2H3. The largest absolute Gasteiger partial charge is 0.314 e. The molecule has 2 heterocycles. The van der Waals surface area contributed by atoms with Crippen LogP contribution in [0.25, 0.3) is 0 Å². The van der Waals surface area contributed by atoms with Crippen LogP contribution in [0.4, 0.5) is 0 Å². The molecule has 2 heteroatoms. The second-order valence-electron chi connectivity index (χ2n) is 5.27. The summed E-state index contributed by atoms with van der Waals surface area (Å²) < 4.78 is 0. The van der Waals surface area contributed by atoms with E-state index in [1.165, 1.54) is 45.3 Å². The highest BCUT2D eigenvalue weighted by Gasteiger charge is 2.25. The highest BCUT2D eigenvalue weighted by Crippen LogP contribution is 2.21. The van der Waals surface area contributed by atoms with Gasteiger partial charge in [-0.05, 0) is 51.6 Å². The smallest absolute Gasteiger partial charge is 0.00823 e. The molecule has 0 amide bonds. The van der Waals surface area contributed by atoms with Crippen molar-refractivity contribution >= 4 is 0 Å². The highest BCUT2D eigenvalue weighted by atomic mass is 15.2. The minimum atomic E-state index is 0.788. The van der Waals surface area contributed by atoms with Gasteiger partial charge in [0.25, 0.3) is 0 Å². The van der Waals surface area contributed by atoms with E-state index in [0.717, 1.165) is 18.0 Å². The normalized spacial score (nSPS) is 36.4. The van der Waals surface area contributed by atoms with Crippen molar-refractivity contribution in [3.8, 4) is 0 Å². The molecule has 0 aromatic heterocycles. The van der Waals surface area contributed by atoms with Crippen LogP contribution in [-0.4, -0.2) is 36.6 Å². The summed E-state index contributed by atoms with van der Waals surface area (Å²) >= 11 is 0. The monoisotopic (exact) mass is 196 g/mol. The first-order valence-corrected chi connectivity index (χ1v) is 6.23. The van der Waals surface area contributed by atoms with Crippen molar-refractivity contribution in [1.82, 2.24) is 10.2 Å². The van der Waals surface area contributed by atoms with Gasteiger partial charge in [-0.1, -0.05) is 6.92 Å². The molecule has 3 atom stereocenters. The van der Waals surface area contributed by atoms with E-state index >= 15 is 0 Å². The Morgan fingerprint density at radius 3 is 2.86 bits per heavy atom. The Morgan fingerprint density at radius 2 is 2.29 bits per heavy atom. The summed E-state index contributed by atoms with van der Waals surface area (Å²) in [7, 11) is 0. The van der Waals surface area contributed by atoms with Crippen LogP contribution in [0.1, 0.15) is 39.5 Å². The number of nitrogens with one attached hydrogen (secondary N) is 1. The highest BCUT2D eigenvalue weighted by molar-refractivity contribution is 4.83. The van der Waals surface area contributed by atoms with Gasteiger partial charge in [0, 0.05) is 18.6 Å². The quantitative estimate of drug-likeness (QED) is 0.741. The van der Waals surface area contributed by atoms with Crippen molar-refractivity contribution in [2.45, 2.75) is 51.6 Å². The first-order chi connectivity index (χ1) is 6.75. The molecule has 0 bridgehead atoms. The van der Waals surface area contributed by atoms with Crippen molar-refractivity contribution < 1.29 is 0 Å². The molecule has 0 aromatic rings. The summed E-state index contributed by atoms with van der Waals surface area (Å²) in [6, 6.07) is 1.59. The second kappa shape index (κ2) is 4.63. The summed E-state index contributed by atoms with van der Waals surface area (Å²) in [5.74, 6) is 0.925. The molecule has 2 rings (SSSR count). The van der Waals surface area contributed by atoms with Crippen LogP contribution >= 0.6 is 0 Å². The summed E-state index contributed by atoms with van der Waals surface area (Å²) in [6.45, 7) is 8.68. The maximum absolute atomic E-state index is 3.60. The molecule has 14 heavy (non-hydrogen) atoms. The van der Waals surface area contributed by atoms with Crippen molar-refractivity contribution in [2.24, 2.45) is 5.92 Å². The van der Waals surface area contributed by atoms with Gasteiger partial charge in [-0.3, -0.25) is 0 Å². The molecular formula is C12H24N2. The lowest BCUT2D eigenvalue weighted by Crippen LogP contribution is -2.36. The van der Waals surface area contributed by atoms with Crippen LogP contribution in [0.2, 0.25) is 0 Å². The third-order valence-electron chi connectivity index (χ3n) is 3.87. The summed E-state index contributed by atoms with van der Waals surface area (Å²) in [5.41, 5.74) is 0. The van der Waals surface area contributed by atoms with Crippen LogP contribution in [0.5, 0.6) is 0 Å². The third kappa shape index (κ3) is 2.48. The molecule has 3 unspecified atom stereocenters. The van der Waals surface area contributed by atoms with Crippen LogP contribution in [0.15, 0.2) is 0 Å². The van der Waals surface area contributed by atoms with Crippen LogP contribution in [0.3, 0.4) is 0 Å². The topological polar surface area (TPSA) is 15.3 Å². The molecule has 2 nitrogen and oxygen atoms in total. The van der Waals surface area contributed by atoms with E-state index in [2.05, 4.69) is 24.1 Å². The minimum absolute atomic E-state index is 0.788. The first-order valence-electron chi connectivity index (χ1n) is 6.23. The lowest BCUT2D eigenvalue weighted by atomic mass is 10.1.